The number of nitrogens with one attached hydrogen (secondary N) is 1. The molecule has 0 aliphatic heterocycles. The molecule has 1 aliphatic carbocycles. The van der Waals surface area contributed by atoms with Crippen LogP contribution < -0.4 is 10.6 Å². The molecule has 98 valence electrons. The molecule has 1 saturated carbocycles. The van der Waals surface area contributed by atoms with E-state index in [1.54, 1.807) is 13.2 Å². The van der Waals surface area contributed by atoms with E-state index >= 15 is 0 Å². The highest BCUT2D eigenvalue weighted by atomic mass is 35.5. The van der Waals surface area contributed by atoms with Crippen LogP contribution in [0.25, 0.3) is 0 Å². The molecule has 0 radical (unpaired) electrons. The summed E-state index contributed by atoms with van der Waals surface area (Å²) < 4.78 is 5.14. The van der Waals surface area contributed by atoms with Crippen molar-refractivity contribution in [2.75, 3.05) is 25.2 Å². The van der Waals surface area contributed by atoms with E-state index in [9.17, 15) is 0 Å². The summed E-state index contributed by atoms with van der Waals surface area (Å²) in [5, 5.41) is 8.21. The highest BCUT2D eigenvalue weighted by Crippen LogP contribution is 2.35. The topological polar surface area (TPSA) is 62.3 Å². The van der Waals surface area contributed by atoms with E-state index in [4.69, 9.17) is 27.5 Å². The number of hydrogen-bond acceptors (Lipinski definition) is 3. The summed E-state index contributed by atoms with van der Waals surface area (Å²) in [4.78, 5) is 2.24. The zero-order valence-electron chi connectivity index (χ0n) is 10.4. The molecular weight excluding hydrogens is 250 g/mol. The summed E-state index contributed by atoms with van der Waals surface area (Å²) in [7, 11) is 1.69. The molecule has 0 amide bonds. The second-order valence-corrected chi connectivity index (χ2v) is 4.87. The number of nitrogens with two attached hydrogens (primary N) is 1. The fourth-order valence-electron chi connectivity index (χ4n) is 2.09. The first kappa shape index (κ1) is 13.2. The van der Waals surface area contributed by atoms with Crippen molar-refractivity contribution in [3.63, 3.8) is 0 Å². The molecule has 0 unspecified atom stereocenters. The van der Waals surface area contributed by atoms with Crippen LogP contribution in [0.1, 0.15) is 18.4 Å². The molecule has 0 atom stereocenters. The summed E-state index contributed by atoms with van der Waals surface area (Å²) in [5.74, 6) is 0.0127. The van der Waals surface area contributed by atoms with Crippen LogP contribution in [0.15, 0.2) is 18.2 Å². The maximum atomic E-state index is 7.68. The normalized spacial score (nSPS) is 14.6. The lowest BCUT2D eigenvalue weighted by Gasteiger charge is -2.27. The van der Waals surface area contributed by atoms with Gasteiger partial charge in [0.15, 0.2) is 0 Å². The van der Waals surface area contributed by atoms with Crippen LogP contribution in [-0.4, -0.2) is 32.1 Å². The smallest absolute Gasteiger partial charge is 0.126 e. The minimum absolute atomic E-state index is 0.0127. The molecule has 5 heteroatoms. The van der Waals surface area contributed by atoms with Crippen molar-refractivity contribution in [3.8, 4) is 0 Å². The number of amidine groups is 1. The first-order valence-corrected chi connectivity index (χ1v) is 6.41. The molecule has 2 rings (SSSR count). The van der Waals surface area contributed by atoms with E-state index in [0.29, 0.717) is 23.2 Å². The number of nitrogen functional groups attached to an aromatic ring is 1. The van der Waals surface area contributed by atoms with Gasteiger partial charge in [-0.15, -0.1) is 0 Å². The van der Waals surface area contributed by atoms with E-state index in [-0.39, 0.29) is 5.84 Å². The van der Waals surface area contributed by atoms with Gasteiger partial charge in [0.05, 0.1) is 17.2 Å². The summed E-state index contributed by atoms with van der Waals surface area (Å²) in [6, 6.07) is 6.16. The average Bonchev–Trinajstić information content (AvgIpc) is 3.13. The van der Waals surface area contributed by atoms with Crippen molar-refractivity contribution in [1.82, 2.24) is 0 Å². The van der Waals surface area contributed by atoms with Crippen LogP contribution in [0, 0.1) is 5.41 Å². The Labute approximate surface area is 112 Å². The maximum Gasteiger partial charge on any atom is 0.126 e. The molecule has 1 aromatic rings. The highest BCUT2D eigenvalue weighted by molar-refractivity contribution is 6.34. The quantitative estimate of drug-likeness (QED) is 0.614. The van der Waals surface area contributed by atoms with Gasteiger partial charge in [0, 0.05) is 25.4 Å². The number of halogens is 1. The fraction of sp³-hybridized carbons (Fsp3) is 0.462. The van der Waals surface area contributed by atoms with Crippen LogP contribution in [0.5, 0.6) is 0 Å². The molecule has 0 heterocycles. The summed E-state index contributed by atoms with van der Waals surface area (Å²) in [6.45, 7) is 1.45. The van der Waals surface area contributed by atoms with Crippen molar-refractivity contribution >= 4 is 23.1 Å². The van der Waals surface area contributed by atoms with Gasteiger partial charge in [0.2, 0.25) is 0 Å². The Morgan fingerprint density at radius 3 is 2.83 bits per heavy atom. The van der Waals surface area contributed by atoms with Gasteiger partial charge in [0.1, 0.15) is 5.84 Å². The van der Waals surface area contributed by atoms with E-state index in [1.807, 2.05) is 12.1 Å². The standard InChI is InChI=1S/C13H18ClN3O/c1-18-8-7-17(9-5-6-9)11-4-2-3-10(14)12(11)13(15)16/h2-4,9H,5-8H2,1H3,(H3,15,16). The van der Waals surface area contributed by atoms with Gasteiger partial charge in [-0.2, -0.15) is 0 Å². The van der Waals surface area contributed by atoms with Crippen molar-refractivity contribution in [2.45, 2.75) is 18.9 Å². The fourth-order valence-corrected chi connectivity index (χ4v) is 2.37. The Morgan fingerprint density at radius 1 is 1.56 bits per heavy atom. The van der Waals surface area contributed by atoms with Crippen LogP contribution in [-0.2, 0) is 4.74 Å². The zero-order valence-corrected chi connectivity index (χ0v) is 11.2. The minimum atomic E-state index is 0.0127. The molecule has 1 fully saturated rings. The summed E-state index contributed by atoms with van der Waals surface area (Å²) >= 11 is 6.15. The number of nitrogens with zero attached hydrogens (tertiary/aromatic N) is 1. The Morgan fingerprint density at radius 2 is 2.28 bits per heavy atom. The Balaban J connectivity index is 2.34. The van der Waals surface area contributed by atoms with Gasteiger partial charge in [0.25, 0.3) is 0 Å². The largest absolute Gasteiger partial charge is 0.384 e. The van der Waals surface area contributed by atoms with Gasteiger partial charge in [-0.25, -0.2) is 0 Å². The summed E-state index contributed by atoms with van der Waals surface area (Å²) in [5.41, 5.74) is 7.21. The number of ether oxygens (including phenoxy) is 1. The second kappa shape index (κ2) is 5.59. The molecule has 18 heavy (non-hydrogen) atoms. The van der Waals surface area contributed by atoms with E-state index in [1.165, 1.54) is 12.8 Å². The number of rotatable bonds is 6. The summed E-state index contributed by atoms with van der Waals surface area (Å²) in [6.07, 6.45) is 2.35. The second-order valence-electron chi connectivity index (χ2n) is 4.47. The molecule has 0 spiro atoms. The van der Waals surface area contributed by atoms with Crippen molar-refractivity contribution in [3.05, 3.63) is 28.8 Å². The highest BCUT2D eigenvalue weighted by Gasteiger charge is 2.31. The molecule has 0 saturated heterocycles. The first-order chi connectivity index (χ1) is 8.65. The maximum absolute atomic E-state index is 7.68. The first-order valence-electron chi connectivity index (χ1n) is 6.03. The number of methoxy groups -OCH3 is 1. The zero-order chi connectivity index (χ0) is 13.1. The minimum Gasteiger partial charge on any atom is -0.384 e. The van der Waals surface area contributed by atoms with E-state index in [0.717, 1.165) is 12.2 Å². The SMILES string of the molecule is COCCN(c1cccc(Cl)c1C(=N)N)C1CC1. The van der Waals surface area contributed by atoms with Gasteiger partial charge in [-0.3, -0.25) is 5.41 Å². The van der Waals surface area contributed by atoms with E-state index in [2.05, 4.69) is 4.90 Å². The third kappa shape index (κ3) is 2.76. The third-order valence-corrected chi connectivity index (χ3v) is 3.41. The predicted octanol–water partition coefficient (Wildman–Crippen LogP) is 2.24. The van der Waals surface area contributed by atoms with Gasteiger partial charge in [-0.05, 0) is 25.0 Å². The predicted molar refractivity (Wildman–Crippen MR) is 74.7 cm³/mol. The Hall–Kier alpha value is -1.26. The molecule has 0 aromatic heterocycles. The number of anilines is 1. The Kier molecular flexibility index (Phi) is 4.09. The van der Waals surface area contributed by atoms with Gasteiger partial charge < -0.3 is 15.4 Å². The monoisotopic (exact) mass is 267 g/mol. The van der Waals surface area contributed by atoms with Crippen LogP contribution in [0.2, 0.25) is 5.02 Å². The lowest BCUT2D eigenvalue weighted by atomic mass is 10.1. The van der Waals surface area contributed by atoms with E-state index < -0.39 is 0 Å². The Bertz CT molecular complexity index is 446. The molecule has 3 N–H and O–H groups in total. The van der Waals surface area contributed by atoms with Crippen molar-refractivity contribution in [2.24, 2.45) is 5.73 Å². The third-order valence-electron chi connectivity index (χ3n) is 3.09. The average molecular weight is 268 g/mol. The van der Waals surface area contributed by atoms with Crippen LogP contribution in [0.3, 0.4) is 0 Å². The van der Waals surface area contributed by atoms with Crippen LogP contribution in [0.4, 0.5) is 5.69 Å². The van der Waals surface area contributed by atoms with Gasteiger partial charge in [-0.1, -0.05) is 17.7 Å². The molecule has 1 aliphatic rings. The molecule has 0 bridgehead atoms. The van der Waals surface area contributed by atoms with Crippen LogP contribution >= 0.6 is 11.6 Å². The number of benzene rings is 1. The van der Waals surface area contributed by atoms with Crippen molar-refractivity contribution in [1.29, 1.82) is 5.41 Å². The van der Waals surface area contributed by atoms with Gasteiger partial charge >= 0.3 is 0 Å². The molecular formula is C13H18ClN3O. The molecule has 1 aromatic carbocycles. The molecule has 4 nitrogen and oxygen atoms in total. The van der Waals surface area contributed by atoms with Crippen molar-refractivity contribution < 1.29 is 4.74 Å². The number of hydrogen-bond donors (Lipinski definition) is 2. The lowest BCUT2D eigenvalue weighted by Crippen LogP contribution is -2.31. The lowest BCUT2D eigenvalue weighted by molar-refractivity contribution is 0.205.